The highest BCUT2D eigenvalue weighted by Crippen LogP contribution is 2.29. The molecule has 25 heavy (non-hydrogen) atoms. The highest BCUT2D eigenvalue weighted by Gasteiger charge is 2.30. The van der Waals surface area contributed by atoms with Crippen LogP contribution in [-0.4, -0.2) is 18.9 Å². The molecular weight excluding hydrogens is 333 g/mol. The van der Waals surface area contributed by atoms with Crippen LogP contribution >= 0.6 is 0 Å². The molecule has 7 heteroatoms. The molecule has 0 aromatic heterocycles. The summed E-state index contributed by atoms with van der Waals surface area (Å²) in [5, 5.41) is 5.04. The molecule has 2 aromatic carbocycles. The normalized spacial score (nSPS) is 11.4. The lowest BCUT2D eigenvalue weighted by molar-refractivity contribution is -0.137. The molecular formula is C18H15F3N2O2. The van der Waals surface area contributed by atoms with Gasteiger partial charge >= 0.3 is 6.18 Å². The van der Waals surface area contributed by atoms with Gasteiger partial charge < -0.3 is 10.6 Å². The molecule has 0 bridgehead atoms. The van der Waals surface area contributed by atoms with E-state index in [9.17, 15) is 22.8 Å². The summed E-state index contributed by atoms with van der Waals surface area (Å²) in [5.74, 6) is -0.743. The van der Waals surface area contributed by atoms with Crippen LogP contribution in [0.4, 0.5) is 18.9 Å². The highest BCUT2D eigenvalue weighted by molar-refractivity contribution is 6.02. The minimum atomic E-state index is -4.43. The summed E-state index contributed by atoms with van der Waals surface area (Å²) in [6.45, 7) is 0. The molecule has 0 aliphatic carbocycles. The molecule has 0 spiro atoms. The zero-order chi connectivity index (χ0) is 18.4. The Morgan fingerprint density at radius 3 is 2.32 bits per heavy atom. The summed E-state index contributed by atoms with van der Waals surface area (Å²) in [6.07, 6.45) is -2.00. The monoisotopic (exact) mass is 348 g/mol. The van der Waals surface area contributed by atoms with E-state index >= 15 is 0 Å². The summed E-state index contributed by atoms with van der Waals surface area (Å²) in [6, 6.07) is 10.9. The lowest BCUT2D eigenvalue weighted by Crippen LogP contribution is -2.17. The Balaban J connectivity index is 2.02. The van der Waals surface area contributed by atoms with E-state index in [2.05, 4.69) is 10.6 Å². The van der Waals surface area contributed by atoms with Crippen molar-refractivity contribution in [2.45, 2.75) is 6.18 Å². The molecule has 0 aliphatic heterocycles. The Morgan fingerprint density at radius 1 is 1.04 bits per heavy atom. The number of benzene rings is 2. The van der Waals surface area contributed by atoms with Crippen LogP contribution in [0.3, 0.4) is 0 Å². The first-order valence-electron chi connectivity index (χ1n) is 7.28. The maximum absolute atomic E-state index is 12.6. The van der Waals surface area contributed by atoms with Crippen molar-refractivity contribution in [3.8, 4) is 0 Å². The number of alkyl halides is 3. The van der Waals surface area contributed by atoms with Crippen molar-refractivity contribution in [2.75, 3.05) is 12.4 Å². The molecule has 0 fully saturated rings. The van der Waals surface area contributed by atoms with Crippen molar-refractivity contribution in [3.05, 3.63) is 71.3 Å². The van der Waals surface area contributed by atoms with Crippen LogP contribution in [0.2, 0.25) is 0 Å². The predicted molar refractivity (Wildman–Crippen MR) is 88.9 cm³/mol. The summed E-state index contributed by atoms with van der Waals surface area (Å²) < 4.78 is 37.9. The van der Waals surface area contributed by atoms with E-state index in [1.54, 1.807) is 24.3 Å². The van der Waals surface area contributed by atoms with Crippen molar-refractivity contribution in [2.24, 2.45) is 0 Å². The number of anilines is 1. The Hall–Kier alpha value is -3.09. The third-order valence-corrected chi connectivity index (χ3v) is 3.28. The van der Waals surface area contributed by atoms with Crippen molar-refractivity contribution in [1.29, 1.82) is 0 Å². The number of hydrogen-bond donors (Lipinski definition) is 2. The first kappa shape index (κ1) is 18.3. The standard InChI is InChI=1S/C18H15F3N2O2/c1-22-17(25)13-6-8-15(9-7-13)23-16(24)10-5-12-3-2-4-14(11-12)18(19,20)21/h2-11H,1H3,(H,22,25)(H,23,24). The molecule has 2 amide bonds. The molecule has 0 saturated carbocycles. The summed E-state index contributed by atoms with van der Waals surface area (Å²) in [4.78, 5) is 23.3. The Morgan fingerprint density at radius 2 is 1.72 bits per heavy atom. The van der Waals surface area contributed by atoms with Crippen LogP contribution in [0.15, 0.2) is 54.6 Å². The molecule has 0 unspecified atom stereocenters. The van der Waals surface area contributed by atoms with Crippen LogP contribution in [0, 0.1) is 0 Å². The first-order chi connectivity index (χ1) is 11.8. The summed E-state index contributed by atoms with van der Waals surface area (Å²) in [7, 11) is 1.51. The van der Waals surface area contributed by atoms with Crippen molar-refractivity contribution < 1.29 is 22.8 Å². The molecule has 2 aromatic rings. The molecule has 0 aliphatic rings. The van der Waals surface area contributed by atoms with Crippen LogP contribution in [0.5, 0.6) is 0 Å². The fraction of sp³-hybridized carbons (Fsp3) is 0.111. The van der Waals surface area contributed by atoms with Crippen molar-refractivity contribution >= 4 is 23.6 Å². The highest BCUT2D eigenvalue weighted by atomic mass is 19.4. The molecule has 130 valence electrons. The summed E-state index contributed by atoms with van der Waals surface area (Å²) in [5.41, 5.74) is 0.395. The molecule has 0 atom stereocenters. The average molecular weight is 348 g/mol. The number of amides is 2. The number of rotatable bonds is 4. The van der Waals surface area contributed by atoms with Gasteiger partial charge in [-0.1, -0.05) is 12.1 Å². The first-order valence-corrected chi connectivity index (χ1v) is 7.28. The molecule has 0 radical (unpaired) electrons. The van der Waals surface area contributed by atoms with E-state index in [0.717, 1.165) is 18.2 Å². The predicted octanol–water partition coefficient (Wildman–Crippen LogP) is 3.72. The van der Waals surface area contributed by atoms with Gasteiger partial charge in [0.2, 0.25) is 5.91 Å². The van der Waals surface area contributed by atoms with E-state index in [1.807, 2.05) is 0 Å². The number of halogens is 3. The molecule has 2 N–H and O–H groups in total. The second-order valence-corrected chi connectivity index (χ2v) is 5.10. The number of carbonyl (C=O) groups excluding carboxylic acids is 2. The molecule has 4 nitrogen and oxygen atoms in total. The minimum absolute atomic E-state index is 0.248. The number of carbonyl (C=O) groups is 2. The van der Waals surface area contributed by atoms with Gasteiger partial charge in [-0.25, -0.2) is 0 Å². The second kappa shape index (κ2) is 7.65. The third-order valence-electron chi connectivity index (χ3n) is 3.28. The van der Waals surface area contributed by atoms with Gasteiger partial charge in [-0.2, -0.15) is 13.2 Å². The topological polar surface area (TPSA) is 58.2 Å². The smallest absolute Gasteiger partial charge is 0.355 e. The van der Waals surface area contributed by atoms with Gasteiger partial charge in [0.15, 0.2) is 0 Å². The maximum atomic E-state index is 12.6. The second-order valence-electron chi connectivity index (χ2n) is 5.10. The van der Waals surface area contributed by atoms with Gasteiger partial charge in [0.05, 0.1) is 5.56 Å². The van der Waals surface area contributed by atoms with Crippen LogP contribution in [-0.2, 0) is 11.0 Å². The fourth-order valence-corrected chi connectivity index (χ4v) is 2.02. The zero-order valence-corrected chi connectivity index (χ0v) is 13.2. The Labute approximate surface area is 142 Å². The van der Waals surface area contributed by atoms with Crippen molar-refractivity contribution in [1.82, 2.24) is 5.32 Å². The Kier molecular flexibility index (Phi) is 5.59. The van der Waals surface area contributed by atoms with E-state index in [0.29, 0.717) is 11.3 Å². The lowest BCUT2D eigenvalue weighted by Gasteiger charge is -2.06. The van der Waals surface area contributed by atoms with Gasteiger partial charge in [0, 0.05) is 24.4 Å². The van der Waals surface area contributed by atoms with Crippen LogP contribution in [0.25, 0.3) is 6.08 Å². The van der Waals surface area contributed by atoms with Gasteiger partial charge in [-0.05, 0) is 48.0 Å². The average Bonchev–Trinajstić information content (AvgIpc) is 2.59. The van der Waals surface area contributed by atoms with Gasteiger partial charge in [0.1, 0.15) is 0 Å². The molecule has 2 rings (SSSR count). The number of hydrogen-bond acceptors (Lipinski definition) is 2. The fourth-order valence-electron chi connectivity index (χ4n) is 2.02. The van der Waals surface area contributed by atoms with Crippen molar-refractivity contribution in [3.63, 3.8) is 0 Å². The third kappa shape index (κ3) is 5.20. The van der Waals surface area contributed by atoms with E-state index in [-0.39, 0.29) is 11.5 Å². The van der Waals surface area contributed by atoms with E-state index in [1.165, 1.54) is 25.3 Å². The SMILES string of the molecule is CNC(=O)c1ccc(NC(=O)C=Cc2cccc(C(F)(F)F)c2)cc1. The maximum Gasteiger partial charge on any atom is 0.416 e. The molecule has 0 heterocycles. The quantitative estimate of drug-likeness (QED) is 0.828. The van der Waals surface area contributed by atoms with Gasteiger partial charge in [-0.3, -0.25) is 9.59 Å². The van der Waals surface area contributed by atoms with E-state index in [4.69, 9.17) is 0 Å². The van der Waals surface area contributed by atoms with Crippen LogP contribution < -0.4 is 10.6 Å². The number of nitrogens with one attached hydrogen (secondary N) is 2. The zero-order valence-electron chi connectivity index (χ0n) is 13.2. The Bertz CT molecular complexity index is 797. The van der Waals surface area contributed by atoms with Crippen LogP contribution in [0.1, 0.15) is 21.5 Å². The lowest BCUT2D eigenvalue weighted by atomic mass is 10.1. The molecule has 0 saturated heterocycles. The van der Waals surface area contributed by atoms with E-state index < -0.39 is 17.6 Å². The van der Waals surface area contributed by atoms with Gasteiger partial charge in [0.25, 0.3) is 5.91 Å². The largest absolute Gasteiger partial charge is 0.416 e. The minimum Gasteiger partial charge on any atom is -0.355 e. The van der Waals surface area contributed by atoms with Gasteiger partial charge in [-0.15, -0.1) is 0 Å². The summed E-state index contributed by atoms with van der Waals surface area (Å²) >= 11 is 0.